The zero-order valence-corrected chi connectivity index (χ0v) is 16.2. The molecule has 0 spiro atoms. The van der Waals surface area contributed by atoms with Gasteiger partial charge in [0, 0.05) is 48.5 Å². The maximum absolute atomic E-state index is 6.11. The Balaban J connectivity index is 1.37. The zero-order chi connectivity index (χ0) is 19.0. The molecule has 1 aliphatic rings. The molecule has 0 aliphatic carbocycles. The van der Waals surface area contributed by atoms with Crippen LogP contribution >= 0.6 is 0 Å². The molecule has 1 atom stereocenters. The Kier molecular flexibility index (Phi) is 6.30. The summed E-state index contributed by atoms with van der Waals surface area (Å²) in [5.74, 6) is 1.64. The number of rotatable bonds is 7. The normalized spacial score (nSPS) is 17.4. The molecule has 1 saturated heterocycles. The van der Waals surface area contributed by atoms with E-state index in [1.165, 1.54) is 24.1 Å². The van der Waals surface area contributed by atoms with E-state index in [-0.39, 0.29) is 0 Å². The van der Waals surface area contributed by atoms with Crippen LogP contribution < -0.4 is 4.74 Å². The van der Waals surface area contributed by atoms with Gasteiger partial charge in [-0.3, -0.25) is 14.9 Å². The molecule has 28 heavy (non-hydrogen) atoms. The predicted octanol–water partition coefficient (Wildman–Crippen LogP) is 4.51. The molecule has 4 nitrogen and oxygen atoms in total. The van der Waals surface area contributed by atoms with E-state index in [0.29, 0.717) is 12.5 Å². The monoisotopic (exact) mass is 373 g/mol. The Morgan fingerprint density at radius 2 is 1.93 bits per heavy atom. The van der Waals surface area contributed by atoms with Gasteiger partial charge < -0.3 is 4.74 Å². The summed E-state index contributed by atoms with van der Waals surface area (Å²) in [7, 11) is 0. The summed E-state index contributed by atoms with van der Waals surface area (Å²) in [6.45, 7) is 3.75. The van der Waals surface area contributed by atoms with E-state index in [1.807, 2.05) is 36.7 Å². The number of piperidine rings is 1. The molecule has 4 rings (SSSR count). The van der Waals surface area contributed by atoms with Crippen molar-refractivity contribution in [2.24, 2.45) is 5.92 Å². The van der Waals surface area contributed by atoms with Crippen molar-refractivity contribution in [1.82, 2.24) is 14.9 Å². The highest BCUT2D eigenvalue weighted by molar-refractivity contribution is 5.33. The molecule has 2 aromatic heterocycles. The van der Waals surface area contributed by atoms with E-state index in [2.05, 4.69) is 45.2 Å². The van der Waals surface area contributed by atoms with Gasteiger partial charge in [-0.05, 0) is 56.0 Å². The van der Waals surface area contributed by atoms with Gasteiger partial charge in [0.1, 0.15) is 12.4 Å². The number of nitrogens with zero attached hydrogens (tertiary/aromatic N) is 3. The van der Waals surface area contributed by atoms with Crippen LogP contribution in [0.2, 0.25) is 0 Å². The third kappa shape index (κ3) is 5.17. The minimum absolute atomic E-state index is 0.549. The van der Waals surface area contributed by atoms with Crippen molar-refractivity contribution >= 4 is 0 Å². The Morgan fingerprint density at radius 3 is 2.79 bits per heavy atom. The number of pyridine rings is 2. The van der Waals surface area contributed by atoms with E-state index >= 15 is 0 Å². The average Bonchev–Trinajstić information content (AvgIpc) is 2.75. The largest absolute Gasteiger partial charge is 0.489 e. The standard InChI is InChI=1S/C24H27N3O/c1-2-11-24(28-19-21-7-5-12-25-16-21)22(9-1)18-27-14-6-8-20(17-27)15-23-10-3-4-13-26-23/h1-5,7,9-13,16,20H,6,8,14-15,17-19H2. The number of likely N-dealkylation sites (tertiary alicyclic amines) is 1. The van der Waals surface area contributed by atoms with Gasteiger partial charge >= 0.3 is 0 Å². The van der Waals surface area contributed by atoms with Crippen LogP contribution in [0.1, 0.15) is 29.7 Å². The lowest BCUT2D eigenvalue weighted by atomic mass is 9.93. The number of benzene rings is 1. The van der Waals surface area contributed by atoms with Gasteiger partial charge in [-0.25, -0.2) is 0 Å². The molecule has 0 bridgehead atoms. The predicted molar refractivity (Wildman–Crippen MR) is 111 cm³/mol. The average molecular weight is 374 g/mol. The second-order valence-electron chi connectivity index (χ2n) is 7.53. The second kappa shape index (κ2) is 9.47. The molecule has 0 saturated carbocycles. The molecule has 0 amide bonds. The third-order valence-corrected chi connectivity index (χ3v) is 5.31. The summed E-state index contributed by atoms with van der Waals surface area (Å²) in [4.78, 5) is 11.2. The minimum atomic E-state index is 0.549. The van der Waals surface area contributed by atoms with Gasteiger partial charge in [0.2, 0.25) is 0 Å². The molecule has 0 radical (unpaired) electrons. The van der Waals surface area contributed by atoms with Crippen molar-refractivity contribution in [3.63, 3.8) is 0 Å². The number of hydrogen-bond acceptors (Lipinski definition) is 4. The van der Waals surface area contributed by atoms with E-state index in [1.54, 1.807) is 6.20 Å². The van der Waals surface area contributed by atoms with E-state index in [0.717, 1.165) is 37.4 Å². The highest BCUT2D eigenvalue weighted by atomic mass is 16.5. The van der Waals surface area contributed by atoms with E-state index < -0.39 is 0 Å². The molecule has 1 aliphatic heterocycles. The minimum Gasteiger partial charge on any atom is -0.489 e. The van der Waals surface area contributed by atoms with E-state index in [9.17, 15) is 0 Å². The van der Waals surface area contributed by atoms with Crippen molar-refractivity contribution in [1.29, 1.82) is 0 Å². The Labute approximate surface area is 167 Å². The van der Waals surface area contributed by atoms with Crippen LogP contribution in [0, 0.1) is 5.92 Å². The van der Waals surface area contributed by atoms with Crippen LogP contribution in [-0.2, 0) is 19.6 Å². The first kappa shape index (κ1) is 18.6. The lowest BCUT2D eigenvalue weighted by Crippen LogP contribution is -2.35. The van der Waals surface area contributed by atoms with Crippen LogP contribution in [-0.4, -0.2) is 28.0 Å². The Hall–Kier alpha value is -2.72. The fraction of sp³-hybridized carbons (Fsp3) is 0.333. The highest BCUT2D eigenvalue weighted by Gasteiger charge is 2.21. The first-order chi connectivity index (χ1) is 13.9. The van der Waals surface area contributed by atoms with E-state index in [4.69, 9.17) is 4.74 Å². The Morgan fingerprint density at radius 1 is 1.00 bits per heavy atom. The molecule has 1 aromatic carbocycles. The molecule has 144 valence electrons. The van der Waals surface area contributed by atoms with Crippen LogP contribution in [0.4, 0.5) is 0 Å². The van der Waals surface area contributed by atoms with Gasteiger partial charge in [-0.1, -0.05) is 30.3 Å². The van der Waals surface area contributed by atoms with Gasteiger partial charge in [-0.2, -0.15) is 0 Å². The van der Waals surface area contributed by atoms with Gasteiger partial charge in [-0.15, -0.1) is 0 Å². The molecular formula is C24H27N3O. The molecule has 1 unspecified atom stereocenters. The first-order valence-corrected chi connectivity index (χ1v) is 10.1. The SMILES string of the molecule is c1ccc(CC2CCCN(Cc3ccccc3OCc3cccnc3)C2)nc1. The molecule has 3 aromatic rings. The maximum atomic E-state index is 6.11. The number of para-hydroxylation sites is 1. The fourth-order valence-corrected chi connectivity index (χ4v) is 3.94. The highest BCUT2D eigenvalue weighted by Crippen LogP contribution is 2.25. The van der Waals surface area contributed by atoms with Crippen molar-refractivity contribution in [2.45, 2.75) is 32.4 Å². The second-order valence-corrected chi connectivity index (χ2v) is 7.53. The van der Waals surface area contributed by atoms with Crippen LogP contribution in [0.5, 0.6) is 5.75 Å². The molecule has 4 heteroatoms. The lowest BCUT2D eigenvalue weighted by Gasteiger charge is -2.33. The van der Waals surface area contributed by atoms with Crippen LogP contribution in [0.3, 0.4) is 0 Å². The summed E-state index contributed by atoms with van der Waals surface area (Å²) < 4.78 is 6.11. The summed E-state index contributed by atoms with van der Waals surface area (Å²) in [6.07, 6.45) is 9.13. The fourth-order valence-electron chi connectivity index (χ4n) is 3.94. The lowest BCUT2D eigenvalue weighted by molar-refractivity contribution is 0.164. The smallest absolute Gasteiger partial charge is 0.124 e. The number of hydrogen-bond donors (Lipinski definition) is 0. The van der Waals surface area contributed by atoms with Crippen molar-refractivity contribution < 1.29 is 4.74 Å². The quantitative estimate of drug-likeness (QED) is 0.611. The number of ether oxygens (including phenoxy) is 1. The topological polar surface area (TPSA) is 38.2 Å². The first-order valence-electron chi connectivity index (χ1n) is 10.1. The summed E-state index contributed by atoms with van der Waals surface area (Å²) in [5.41, 5.74) is 3.55. The van der Waals surface area contributed by atoms with Gasteiger partial charge in [0.25, 0.3) is 0 Å². The number of aromatic nitrogens is 2. The Bertz CT molecular complexity index is 854. The molecule has 1 fully saturated rings. The molecule has 3 heterocycles. The van der Waals surface area contributed by atoms with Crippen molar-refractivity contribution in [3.8, 4) is 5.75 Å². The zero-order valence-electron chi connectivity index (χ0n) is 16.2. The summed E-state index contributed by atoms with van der Waals surface area (Å²) in [6, 6.07) is 18.6. The summed E-state index contributed by atoms with van der Waals surface area (Å²) in [5, 5.41) is 0. The van der Waals surface area contributed by atoms with Crippen LogP contribution in [0.15, 0.2) is 73.2 Å². The van der Waals surface area contributed by atoms with Crippen molar-refractivity contribution in [3.05, 3.63) is 90.0 Å². The maximum Gasteiger partial charge on any atom is 0.124 e. The third-order valence-electron chi connectivity index (χ3n) is 5.31. The van der Waals surface area contributed by atoms with Gasteiger partial charge in [0.15, 0.2) is 0 Å². The molecule has 0 N–H and O–H groups in total. The summed E-state index contributed by atoms with van der Waals surface area (Å²) >= 11 is 0. The van der Waals surface area contributed by atoms with Crippen LogP contribution in [0.25, 0.3) is 0 Å². The molecular weight excluding hydrogens is 346 g/mol. The van der Waals surface area contributed by atoms with Gasteiger partial charge in [0.05, 0.1) is 0 Å². The van der Waals surface area contributed by atoms with Crippen molar-refractivity contribution in [2.75, 3.05) is 13.1 Å².